The van der Waals surface area contributed by atoms with E-state index in [-0.39, 0.29) is 12.3 Å². The number of hydrogen-bond acceptors (Lipinski definition) is 6. The Labute approximate surface area is 197 Å². The Morgan fingerprint density at radius 1 is 0.938 bits per heavy atom. The second-order valence-electron chi connectivity index (χ2n) is 7.56. The fraction of sp³-hybridized carbons (Fsp3) is 0.478. The summed E-state index contributed by atoms with van der Waals surface area (Å²) in [5.41, 5.74) is 0.816. The fourth-order valence-corrected chi connectivity index (χ4v) is 4.56. The van der Waals surface area contributed by atoms with Crippen LogP contribution in [0.1, 0.15) is 63.4 Å². The van der Waals surface area contributed by atoms with Gasteiger partial charge in [0.25, 0.3) is 5.91 Å². The number of benzene rings is 1. The zero-order chi connectivity index (χ0) is 23.3. The van der Waals surface area contributed by atoms with Crippen LogP contribution in [0.3, 0.4) is 0 Å². The molecule has 2 N–H and O–H groups in total. The van der Waals surface area contributed by atoms with Crippen LogP contribution in [-0.4, -0.2) is 50.4 Å². The van der Waals surface area contributed by atoms with E-state index in [0.29, 0.717) is 21.5 Å². The van der Waals surface area contributed by atoms with E-state index in [0.717, 1.165) is 56.9 Å². The lowest BCUT2D eigenvalue weighted by atomic mass is 10.1. The lowest BCUT2D eigenvalue weighted by Gasteiger charge is -2.14. The van der Waals surface area contributed by atoms with Gasteiger partial charge in [0.2, 0.25) is 0 Å². The number of carboxylic acids is 2. The second-order valence-corrected chi connectivity index (χ2v) is 9.23. The first-order valence-corrected chi connectivity index (χ1v) is 12.0. The average molecular weight is 480 g/mol. The molecule has 1 aromatic carbocycles. The molecule has 0 aromatic heterocycles. The number of unbranched alkanes of at least 4 members (excludes halogenated alkanes) is 7. The number of nitrogens with zero attached hydrogens (tertiary/aromatic N) is 1. The van der Waals surface area contributed by atoms with E-state index in [1.807, 2.05) is 0 Å². The molecule has 0 spiro atoms. The number of thiocarbonyl (C=S) groups is 1. The zero-order valence-corrected chi connectivity index (χ0v) is 19.6. The predicted octanol–water partition coefficient (Wildman–Crippen LogP) is 4.95. The molecule has 1 saturated heterocycles. The van der Waals surface area contributed by atoms with E-state index in [1.165, 1.54) is 11.8 Å². The highest BCUT2D eigenvalue weighted by atomic mass is 32.2. The highest BCUT2D eigenvalue weighted by Crippen LogP contribution is 2.33. The van der Waals surface area contributed by atoms with Gasteiger partial charge in [0.15, 0.2) is 6.61 Å². The highest BCUT2D eigenvalue weighted by Gasteiger charge is 2.31. The quantitative estimate of drug-likeness (QED) is 0.207. The van der Waals surface area contributed by atoms with Crippen LogP contribution >= 0.6 is 24.0 Å². The van der Waals surface area contributed by atoms with E-state index in [4.69, 9.17) is 27.2 Å². The predicted molar refractivity (Wildman–Crippen MR) is 129 cm³/mol. The molecule has 0 bridgehead atoms. The first kappa shape index (κ1) is 25.9. The summed E-state index contributed by atoms with van der Waals surface area (Å²) >= 11 is 6.67. The van der Waals surface area contributed by atoms with Gasteiger partial charge < -0.3 is 14.9 Å². The molecule has 0 radical (unpaired) electrons. The van der Waals surface area contributed by atoms with Crippen LogP contribution in [0, 0.1) is 0 Å². The number of carbonyl (C=O) groups is 3. The summed E-state index contributed by atoms with van der Waals surface area (Å²) in [6, 6.07) is 6.88. The van der Waals surface area contributed by atoms with Crippen molar-refractivity contribution in [2.45, 2.75) is 57.8 Å². The van der Waals surface area contributed by atoms with Gasteiger partial charge in [-0.05, 0) is 36.6 Å². The Morgan fingerprint density at radius 2 is 1.53 bits per heavy atom. The normalized spacial score (nSPS) is 14.9. The Hall–Kier alpha value is -2.39. The summed E-state index contributed by atoms with van der Waals surface area (Å²) in [6.45, 7) is 0.216. The van der Waals surface area contributed by atoms with E-state index in [9.17, 15) is 14.4 Å². The van der Waals surface area contributed by atoms with Crippen molar-refractivity contribution >= 4 is 52.2 Å². The highest BCUT2D eigenvalue weighted by molar-refractivity contribution is 8.26. The minimum absolute atomic E-state index is 0.0790. The first-order valence-electron chi connectivity index (χ1n) is 10.8. The van der Waals surface area contributed by atoms with E-state index >= 15 is 0 Å². The number of carbonyl (C=O) groups excluding carboxylic acids is 1. The maximum absolute atomic E-state index is 12.7. The van der Waals surface area contributed by atoms with Gasteiger partial charge in [-0.25, -0.2) is 4.79 Å². The average Bonchev–Trinajstić information content (AvgIpc) is 3.01. The standard InChI is InChI=1S/C23H29NO6S2/c25-20(26)9-7-5-3-1-2-4-6-8-14-24-22(29)19(32-23(24)31)15-17-10-12-18(13-11-17)30-16-21(27)28/h10-13,15H,1-9,14,16H2,(H,25,26)(H,27,28). The molecular weight excluding hydrogens is 450 g/mol. The number of thioether (sulfide) groups is 1. The molecule has 0 unspecified atom stereocenters. The number of carboxylic acid groups (broad SMARTS) is 2. The van der Waals surface area contributed by atoms with Crippen molar-refractivity contribution in [3.05, 3.63) is 34.7 Å². The summed E-state index contributed by atoms with van der Waals surface area (Å²) in [4.78, 5) is 35.9. The summed E-state index contributed by atoms with van der Waals surface area (Å²) in [6.07, 6.45) is 10.1. The molecule has 2 rings (SSSR count). The zero-order valence-electron chi connectivity index (χ0n) is 18.0. The summed E-state index contributed by atoms with van der Waals surface area (Å²) in [7, 11) is 0. The topological polar surface area (TPSA) is 104 Å². The van der Waals surface area contributed by atoms with Crippen LogP contribution in [0.4, 0.5) is 0 Å². The second kappa shape index (κ2) is 13.9. The number of aliphatic carboxylic acids is 2. The van der Waals surface area contributed by atoms with E-state index in [2.05, 4.69) is 0 Å². The first-order chi connectivity index (χ1) is 15.4. The number of hydrogen-bond donors (Lipinski definition) is 2. The Morgan fingerprint density at radius 3 is 2.12 bits per heavy atom. The lowest BCUT2D eigenvalue weighted by molar-refractivity contribution is -0.139. The molecule has 0 saturated carbocycles. The van der Waals surface area contributed by atoms with Crippen LogP contribution in [0.25, 0.3) is 6.08 Å². The molecular formula is C23H29NO6S2. The number of rotatable bonds is 15. The van der Waals surface area contributed by atoms with Crippen molar-refractivity contribution in [2.75, 3.05) is 13.2 Å². The van der Waals surface area contributed by atoms with Crippen LogP contribution in [0.2, 0.25) is 0 Å². The summed E-state index contributed by atoms with van der Waals surface area (Å²) < 4.78 is 5.68. The third kappa shape index (κ3) is 9.40. The smallest absolute Gasteiger partial charge is 0.341 e. The molecule has 32 heavy (non-hydrogen) atoms. The van der Waals surface area contributed by atoms with Gasteiger partial charge in [0.1, 0.15) is 10.1 Å². The molecule has 1 amide bonds. The van der Waals surface area contributed by atoms with Crippen LogP contribution in [-0.2, 0) is 14.4 Å². The molecule has 1 heterocycles. The molecule has 174 valence electrons. The molecule has 1 fully saturated rings. The molecule has 1 aliphatic heterocycles. The fourth-order valence-electron chi connectivity index (χ4n) is 3.26. The SMILES string of the molecule is O=C(O)CCCCCCCCCCN1C(=O)C(=Cc2ccc(OCC(=O)O)cc2)SC1=S. The van der Waals surface area contributed by atoms with Crippen molar-refractivity contribution in [2.24, 2.45) is 0 Å². The van der Waals surface area contributed by atoms with Gasteiger partial charge in [-0.2, -0.15) is 0 Å². The van der Waals surface area contributed by atoms with E-state index in [1.54, 1.807) is 35.2 Å². The summed E-state index contributed by atoms with van der Waals surface area (Å²) in [5.74, 6) is -1.39. The number of amides is 1. The maximum Gasteiger partial charge on any atom is 0.341 e. The number of ether oxygens (including phenoxy) is 1. The monoisotopic (exact) mass is 479 g/mol. The molecule has 0 atom stereocenters. The van der Waals surface area contributed by atoms with Crippen LogP contribution < -0.4 is 4.74 Å². The third-order valence-electron chi connectivity index (χ3n) is 4.94. The van der Waals surface area contributed by atoms with Gasteiger partial charge >= 0.3 is 11.9 Å². The van der Waals surface area contributed by atoms with Gasteiger partial charge in [-0.1, -0.05) is 74.6 Å². The van der Waals surface area contributed by atoms with Crippen molar-refractivity contribution in [3.8, 4) is 5.75 Å². The van der Waals surface area contributed by atoms with Crippen molar-refractivity contribution < 1.29 is 29.3 Å². The van der Waals surface area contributed by atoms with Crippen molar-refractivity contribution in [1.29, 1.82) is 0 Å². The van der Waals surface area contributed by atoms with Gasteiger partial charge in [0, 0.05) is 13.0 Å². The van der Waals surface area contributed by atoms with Gasteiger partial charge in [-0.15, -0.1) is 0 Å². The Balaban J connectivity index is 1.69. The molecule has 9 heteroatoms. The van der Waals surface area contributed by atoms with Crippen molar-refractivity contribution in [3.63, 3.8) is 0 Å². The largest absolute Gasteiger partial charge is 0.482 e. The molecule has 0 aliphatic carbocycles. The van der Waals surface area contributed by atoms with Gasteiger partial charge in [0.05, 0.1) is 4.91 Å². The van der Waals surface area contributed by atoms with E-state index < -0.39 is 18.5 Å². The Bertz CT molecular complexity index is 837. The summed E-state index contributed by atoms with van der Waals surface area (Å²) in [5, 5.41) is 17.3. The molecule has 1 aromatic rings. The van der Waals surface area contributed by atoms with Crippen molar-refractivity contribution in [1.82, 2.24) is 4.90 Å². The van der Waals surface area contributed by atoms with Crippen LogP contribution in [0.15, 0.2) is 29.2 Å². The Kier molecular flexibility index (Phi) is 11.2. The third-order valence-corrected chi connectivity index (χ3v) is 6.31. The molecule has 1 aliphatic rings. The minimum atomic E-state index is -1.04. The van der Waals surface area contributed by atoms with Gasteiger partial charge in [-0.3, -0.25) is 14.5 Å². The lowest BCUT2D eigenvalue weighted by Crippen LogP contribution is -2.29. The minimum Gasteiger partial charge on any atom is -0.482 e. The van der Waals surface area contributed by atoms with Crippen LogP contribution in [0.5, 0.6) is 5.75 Å². The maximum atomic E-state index is 12.7. The molecule has 7 nitrogen and oxygen atoms in total.